The number of aromatic nitrogens is 1. The molecule has 2 heterocycles. The lowest BCUT2D eigenvalue weighted by Gasteiger charge is -2.38. The molecule has 25 heavy (non-hydrogen) atoms. The molecule has 0 unspecified atom stereocenters. The third-order valence-corrected chi connectivity index (χ3v) is 4.94. The number of nitrogens with zero attached hydrogens (tertiary/aromatic N) is 3. The average molecular weight is 338 g/mol. The number of nitrogens with one attached hydrogen (secondary N) is 1. The molecule has 1 amide bonds. The Balaban J connectivity index is 1.55. The van der Waals surface area contributed by atoms with E-state index in [1.54, 1.807) is 7.05 Å². The number of hydrogen-bond donors (Lipinski definition) is 1. The lowest BCUT2D eigenvalue weighted by Crippen LogP contribution is -2.46. The summed E-state index contributed by atoms with van der Waals surface area (Å²) in [5, 5.41) is 2.68. The highest BCUT2D eigenvalue weighted by Crippen LogP contribution is 2.21. The number of carbonyl (C=O) groups excluding carboxylic acids is 1. The van der Waals surface area contributed by atoms with E-state index < -0.39 is 0 Å². The molecule has 1 aliphatic rings. The van der Waals surface area contributed by atoms with Crippen LogP contribution in [0, 0.1) is 0 Å². The quantitative estimate of drug-likeness (QED) is 0.909. The molecule has 5 nitrogen and oxygen atoms in total. The van der Waals surface area contributed by atoms with Crippen LogP contribution in [0.4, 0.5) is 0 Å². The van der Waals surface area contributed by atoms with Gasteiger partial charge >= 0.3 is 0 Å². The van der Waals surface area contributed by atoms with E-state index in [-0.39, 0.29) is 5.91 Å². The molecule has 2 aromatic rings. The number of pyridine rings is 1. The number of amides is 1. The van der Waals surface area contributed by atoms with Gasteiger partial charge in [0.25, 0.3) is 5.91 Å². The summed E-state index contributed by atoms with van der Waals surface area (Å²) in [5.41, 5.74) is 3.19. The normalized spacial score (nSPS) is 17.2. The van der Waals surface area contributed by atoms with Gasteiger partial charge in [-0.25, -0.2) is 0 Å². The van der Waals surface area contributed by atoms with Crippen molar-refractivity contribution in [2.24, 2.45) is 0 Å². The predicted molar refractivity (Wildman–Crippen MR) is 99.3 cm³/mol. The van der Waals surface area contributed by atoms with E-state index >= 15 is 0 Å². The van der Waals surface area contributed by atoms with E-state index in [1.165, 1.54) is 11.1 Å². The summed E-state index contributed by atoms with van der Waals surface area (Å²) < 4.78 is 0. The zero-order valence-corrected chi connectivity index (χ0v) is 15.0. The first-order valence-electron chi connectivity index (χ1n) is 8.84. The number of hydrogen-bond acceptors (Lipinski definition) is 4. The van der Waals surface area contributed by atoms with Crippen LogP contribution in [0.5, 0.6) is 0 Å². The number of rotatable bonds is 5. The number of piperazine rings is 1. The molecule has 1 aromatic carbocycles. The van der Waals surface area contributed by atoms with Crippen LogP contribution in [-0.4, -0.2) is 53.9 Å². The van der Waals surface area contributed by atoms with Crippen molar-refractivity contribution in [3.8, 4) is 0 Å². The van der Waals surface area contributed by atoms with Gasteiger partial charge in [-0.2, -0.15) is 0 Å². The zero-order chi connectivity index (χ0) is 17.6. The minimum Gasteiger partial charge on any atom is -0.355 e. The highest BCUT2D eigenvalue weighted by atomic mass is 16.1. The molecule has 5 heteroatoms. The fourth-order valence-electron chi connectivity index (χ4n) is 3.36. The molecule has 1 atom stereocenters. The maximum Gasteiger partial charge on any atom is 0.251 e. The van der Waals surface area contributed by atoms with Crippen molar-refractivity contribution in [3.63, 3.8) is 0 Å². The fraction of sp³-hybridized carbons (Fsp3) is 0.400. The van der Waals surface area contributed by atoms with E-state index in [9.17, 15) is 4.79 Å². The molecule has 0 bridgehead atoms. The SMILES string of the molecule is CNC(=O)c1cccc(CN2CCN([C@@H](C)c3cccnc3)CC2)c1. The van der Waals surface area contributed by atoms with Gasteiger partial charge in [0.15, 0.2) is 0 Å². The van der Waals surface area contributed by atoms with Gasteiger partial charge in [-0.3, -0.25) is 19.6 Å². The third-order valence-electron chi connectivity index (χ3n) is 4.94. The molecule has 1 N–H and O–H groups in total. The fourth-order valence-corrected chi connectivity index (χ4v) is 3.36. The first kappa shape index (κ1) is 17.6. The van der Waals surface area contributed by atoms with Crippen LogP contribution < -0.4 is 5.32 Å². The zero-order valence-electron chi connectivity index (χ0n) is 15.0. The lowest BCUT2D eigenvalue weighted by atomic mass is 10.1. The highest BCUT2D eigenvalue weighted by Gasteiger charge is 2.22. The summed E-state index contributed by atoms with van der Waals surface area (Å²) in [6.07, 6.45) is 3.78. The first-order chi connectivity index (χ1) is 12.2. The van der Waals surface area contributed by atoms with Crippen LogP contribution in [0.1, 0.15) is 34.5 Å². The second-order valence-electron chi connectivity index (χ2n) is 6.55. The van der Waals surface area contributed by atoms with Crippen molar-refractivity contribution in [1.82, 2.24) is 20.1 Å². The number of benzene rings is 1. The minimum atomic E-state index is -0.0306. The van der Waals surface area contributed by atoms with E-state index in [4.69, 9.17) is 0 Å². The molecule has 0 aliphatic carbocycles. The van der Waals surface area contributed by atoms with Gasteiger partial charge in [0.1, 0.15) is 0 Å². The molecule has 0 radical (unpaired) electrons. The smallest absolute Gasteiger partial charge is 0.251 e. The van der Waals surface area contributed by atoms with Gasteiger partial charge in [-0.1, -0.05) is 18.2 Å². The molecule has 1 aliphatic heterocycles. The molecular formula is C20H26N4O. The Kier molecular flexibility index (Phi) is 5.79. The Labute approximate surface area is 149 Å². The van der Waals surface area contributed by atoms with Crippen LogP contribution in [0.3, 0.4) is 0 Å². The standard InChI is InChI=1S/C20H26N4O/c1-16(19-7-4-8-22-14-19)24-11-9-23(10-12-24)15-17-5-3-6-18(13-17)20(25)21-2/h3-8,13-14,16H,9-12,15H2,1-2H3,(H,21,25)/t16-/m0/s1. The Morgan fingerprint density at radius 3 is 2.68 bits per heavy atom. The molecule has 0 saturated carbocycles. The Hall–Kier alpha value is -2.24. The Bertz CT molecular complexity index is 696. The van der Waals surface area contributed by atoms with Gasteiger partial charge in [0, 0.05) is 63.8 Å². The van der Waals surface area contributed by atoms with Crippen molar-refractivity contribution < 1.29 is 4.79 Å². The molecule has 3 rings (SSSR count). The van der Waals surface area contributed by atoms with Crippen molar-refractivity contribution in [1.29, 1.82) is 0 Å². The van der Waals surface area contributed by atoms with E-state index in [2.05, 4.69) is 39.2 Å². The van der Waals surface area contributed by atoms with Crippen molar-refractivity contribution >= 4 is 5.91 Å². The molecule has 1 saturated heterocycles. The van der Waals surface area contributed by atoms with Gasteiger partial charge in [0.05, 0.1) is 0 Å². The van der Waals surface area contributed by atoms with Gasteiger partial charge < -0.3 is 5.32 Å². The van der Waals surface area contributed by atoms with Crippen LogP contribution >= 0.6 is 0 Å². The summed E-state index contributed by atoms with van der Waals surface area (Å²) in [7, 11) is 1.66. The van der Waals surface area contributed by atoms with Gasteiger partial charge in [-0.15, -0.1) is 0 Å². The second kappa shape index (κ2) is 8.23. The molecule has 1 fully saturated rings. The maximum atomic E-state index is 11.8. The summed E-state index contributed by atoms with van der Waals surface area (Å²) in [6.45, 7) is 7.31. The van der Waals surface area contributed by atoms with E-state index in [0.717, 1.165) is 38.3 Å². The summed E-state index contributed by atoms with van der Waals surface area (Å²) >= 11 is 0. The topological polar surface area (TPSA) is 48.5 Å². The van der Waals surface area contributed by atoms with Crippen LogP contribution in [0.15, 0.2) is 48.8 Å². The van der Waals surface area contributed by atoms with E-state index in [0.29, 0.717) is 6.04 Å². The highest BCUT2D eigenvalue weighted by molar-refractivity contribution is 5.94. The van der Waals surface area contributed by atoms with Crippen LogP contribution in [-0.2, 0) is 6.54 Å². The van der Waals surface area contributed by atoms with Crippen LogP contribution in [0.2, 0.25) is 0 Å². The van der Waals surface area contributed by atoms with Gasteiger partial charge in [-0.05, 0) is 36.2 Å². The Morgan fingerprint density at radius 2 is 2.00 bits per heavy atom. The van der Waals surface area contributed by atoms with Crippen molar-refractivity contribution in [3.05, 3.63) is 65.5 Å². The lowest BCUT2D eigenvalue weighted by molar-refractivity contribution is 0.0957. The average Bonchev–Trinajstić information content (AvgIpc) is 2.68. The predicted octanol–water partition coefficient (Wildman–Crippen LogP) is 2.32. The van der Waals surface area contributed by atoms with Crippen molar-refractivity contribution in [2.75, 3.05) is 33.2 Å². The maximum absolute atomic E-state index is 11.8. The Morgan fingerprint density at radius 1 is 1.20 bits per heavy atom. The van der Waals surface area contributed by atoms with Gasteiger partial charge in [0.2, 0.25) is 0 Å². The van der Waals surface area contributed by atoms with E-state index in [1.807, 2.05) is 36.7 Å². The van der Waals surface area contributed by atoms with Crippen molar-refractivity contribution in [2.45, 2.75) is 19.5 Å². The molecular weight excluding hydrogens is 312 g/mol. The molecule has 0 spiro atoms. The second-order valence-corrected chi connectivity index (χ2v) is 6.55. The monoisotopic (exact) mass is 338 g/mol. The summed E-state index contributed by atoms with van der Waals surface area (Å²) in [5.74, 6) is -0.0306. The molecule has 132 valence electrons. The number of carbonyl (C=O) groups is 1. The summed E-state index contributed by atoms with van der Waals surface area (Å²) in [6, 6.07) is 12.4. The third kappa shape index (κ3) is 4.44. The van der Waals surface area contributed by atoms with Crippen LogP contribution in [0.25, 0.3) is 0 Å². The summed E-state index contributed by atoms with van der Waals surface area (Å²) in [4.78, 5) is 21.0. The largest absolute Gasteiger partial charge is 0.355 e. The minimum absolute atomic E-state index is 0.0306. The first-order valence-corrected chi connectivity index (χ1v) is 8.84. The molecule has 1 aromatic heterocycles.